The van der Waals surface area contributed by atoms with Gasteiger partial charge in [0.25, 0.3) is 0 Å². The number of rotatable bonds is 6. The number of hydrogen-bond acceptors (Lipinski definition) is 5. The minimum Gasteiger partial charge on any atom is -0.370 e. The Balaban J connectivity index is 1.78. The third-order valence-electron chi connectivity index (χ3n) is 3.49. The molecule has 0 bridgehead atoms. The molecule has 0 saturated heterocycles. The number of phosphoric acid groups is 1. The molecule has 0 unspecified atom stereocenters. The second-order valence-corrected chi connectivity index (χ2v) is 6.81. The summed E-state index contributed by atoms with van der Waals surface area (Å²) >= 11 is 0. The predicted molar refractivity (Wildman–Crippen MR) is 99.1 cm³/mol. The van der Waals surface area contributed by atoms with E-state index in [0.29, 0.717) is 16.9 Å². The first-order valence-corrected chi connectivity index (χ1v) is 9.25. The number of aliphatic imine (C=N–C) groups is 1. The lowest BCUT2D eigenvalue weighted by molar-refractivity contribution is 0.189. The van der Waals surface area contributed by atoms with Crippen molar-refractivity contribution in [3.63, 3.8) is 0 Å². The standard InChI is InChI=1S/C16H17N6O4P/c17-16(18)19-13-3-1-2-12(8-13)15-9-22(21-20-15)14-6-4-11(5-7-14)10-26-27(23,24)25/h1-9H,10H2,(H4,17,18,19)(H2,23,24,25). The van der Waals surface area contributed by atoms with Gasteiger partial charge in [-0.25, -0.2) is 14.2 Å². The van der Waals surface area contributed by atoms with Crippen molar-refractivity contribution in [2.75, 3.05) is 0 Å². The Bertz CT molecular complexity index is 1010. The van der Waals surface area contributed by atoms with Gasteiger partial charge in [-0.15, -0.1) is 5.10 Å². The van der Waals surface area contributed by atoms with Crippen LogP contribution in [0.1, 0.15) is 5.56 Å². The van der Waals surface area contributed by atoms with Crippen LogP contribution in [-0.2, 0) is 15.7 Å². The second kappa shape index (κ2) is 7.68. The molecule has 0 aliphatic heterocycles. The number of aromatic nitrogens is 3. The lowest BCUT2D eigenvalue weighted by Gasteiger charge is -2.06. The Morgan fingerprint density at radius 3 is 2.59 bits per heavy atom. The van der Waals surface area contributed by atoms with Gasteiger partial charge < -0.3 is 21.3 Å². The van der Waals surface area contributed by atoms with E-state index in [1.54, 1.807) is 47.3 Å². The molecule has 1 aromatic heterocycles. The largest absolute Gasteiger partial charge is 0.469 e. The van der Waals surface area contributed by atoms with E-state index in [-0.39, 0.29) is 12.6 Å². The van der Waals surface area contributed by atoms with Gasteiger partial charge in [0.05, 0.1) is 24.2 Å². The Hall–Kier alpha value is -3.04. The third-order valence-corrected chi connectivity index (χ3v) is 3.96. The fourth-order valence-electron chi connectivity index (χ4n) is 2.31. The molecule has 0 fully saturated rings. The Labute approximate surface area is 154 Å². The highest BCUT2D eigenvalue weighted by Gasteiger charge is 2.13. The van der Waals surface area contributed by atoms with Crippen molar-refractivity contribution in [1.82, 2.24) is 15.0 Å². The fourth-order valence-corrected chi connectivity index (χ4v) is 2.63. The predicted octanol–water partition coefficient (Wildman–Crippen LogP) is 1.45. The smallest absolute Gasteiger partial charge is 0.370 e. The van der Waals surface area contributed by atoms with Crippen LogP contribution in [0.15, 0.2) is 59.7 Å². The van der Waals surface area contributed by atoms with E-state index in [0.717, 1.165) is 11.3 Å². The summed E-state index contributed by atoms with van der Waals surface area (Å²) in [4.78, 5) is 21.5. The summed E-state index contributed by atoms with van der Waals surface area (Å²) in [6.07, 6.45) is 1.75. The average molecular weight is 388 g/mol. The molecule has 0 saturated carbocycles. The Kier molecular flexibility index (Phi) is 5.33. The van der Waals surface area contributed by atoms with Gasteiger partial charge in [-0.2, -0.15) is 0 Å². The number of benzene rings is 2. The molecule has 1 heterocycles. The normalized spacial score (nSPS) is 11.3. The van der Waals surface area contributed by atoms with Crippen molar-refractivity contribution in [2.24, 2.45) is 16.5 Å². The van der Waals surface area contributed by atoms with E-state index in [4.69, 9.17) is 21.3 Å². The van der Waals surface area contributed by atoms with E-state index in [9.17, 15) is 4.57 Å². The van der Waals surface area contributed by atoms with Crippen LogP contribution in [-0.4, -0.2) is 30.7 Å². The first kappa shape index (κ1) is 18.7. The van der Waals surface area contributed by atoms with Gasteiger partial charge in [0.2, 0.25) is 0 Å². The van der Waals surface area contributed by atoms with Crippen LogP contribution in [0.25, 0.3) is 16.9 Å². The van der Waals surface area contributed by atoms with E-state index in [1.807, 2.05) is 12.1 Å². The molecule has 3 aromatic rings. The lowest BCUT2D eigenvalue weighted by Crippen LogP contribution is -2.21. The highest BCUT2D eigenvalue weighted by Crippen LogP contribution is 2.36. The topological polar surface area (TPSA) is 162 Å². The number of nitrogens with zero attached hydrogens (tertiary/aromatic N) is 4. The van der Waals surface area contributed by atoms with Crippen LogP contribution in [0.4, 0.5) is 5.69 Å². The van der Waals surface area contributed by atoms with Gasteiger partial charge in [0.1, 0.15) is 5.69 Å². The molecule has 3 rings (SSSR count). The van der Waals surface area contributed by atoms with Crippen molar-refractivity contribution in [3.05, 3.63) is 60.3 Å². The van der Waals surface area contributed by atoms with Gasteiger partial charge >= 0.3 is 7.82 Å². The quantitative estimate of drug-likeness (QED) is 0.280. The minimum absolute atomic E-state index is 0.0291. The molecule has 0 amide bonds. The van der Waals surface area contributed by atoms with E-state index >= 15 is 0 Å². The number of hydrogen-bond donors (Lipinski definition) is 4. The molecule has 2 aromatic carbocycles. The summed E-state index contributed by atoms with van der Waals surface area (Å²) in [7, 11) is -4.50. The molecule has 6 N–H and O–H groups in total. The summed E-state index contributed by atoms with van der Waals surface area (Å²) < 4.78 is 16.8. The lowest BCUT2D eigenvalue weighted by atomic mass is 10.1. The maximum Gasteiger partial charge on any atom is 0.469 e. The van der Waals surface area contributed by atoms with E-state index in [2.05, 4.69) is 19.8 Å². The van der Waals surface area contributed by atoms with Gasteiger partial charge in [-0.1, -0.05) is 29.5 Å². The maximum absolute atomic E-state index is 10.7. The SMILES string of the molecule is NC(N)=Nc1cccc(-c2cn(-c3ccc(COP(=O)(O)O)cc3)nn2)c1. The molecule has 140 valence electrons. The van der Waals surface area contributed by atoms with Gasteiger partial charge in [-0.05, 0) is 29.8 Å². The Morgan fingerprint density at radius 1 is 1.19 bits per heavy atom. The first-order valence-electron chi connectivity index (χ1n) is 7.72. The zero-order valence-electron chi connectivity index (χ0n) is 14.0. The molecular weight excluding hydrogens is 371 g/mol. The Morgan fingerprint density at radius 2 is 1.93 bits per heavy atom. The molecular formula is C16H17N6O4P. The van der Waals surface area contributed by atoms with E-state index in [1.165, 1.54) is 0 Å². The highest BCUT2D eigenvalue weighted by atomic mass is 31.2. The van der Waals surface area contributed by atoms with Crippen molar-refractivity contribution in [3.8, 4) is 16.9 Å². The van der Waals surface area contributed by atoms with E-state index < -0.39 is 7.82 Å². The van der Waals surface area contributed by atoms with Crippen molar-refractivity contribution in [1.29, 1.82) is 0 Å². The molecule has 0 atom stereocenters. The molecule has 0 aliphatic rings. The molecule has 0 radical (unpaired) electrons. The van der Waals surface area contributed by atoms with Crippen LogP contribution in [0.5, 0.6) is 0 Å². The summed E-state index contributed by atoms with van der Waals surface area (Å²) in [5.74, 6) is -0.0291. The van der Waals surface area contributed by atoms with Crippen LogP contribution in [0.2, 0.25) is 0 Å². The van der Waals surface area contributed by atoms with Crippen LogP contribution < -0.4 is 11.5 Å². The molecule has 0 spiro atoms. The summed E-state index contributed by atoms with van der Waals surface area (Å²) in [6, 6.07) is 14.1. The highest BCUT2D eigenvalue weighted by molar-refractivity contribution is 7.46. The van der Waals surface area contributed by atoms with Crippen LogP contribution >= 0.6 is 7.82 Å². The fraction of sp³-hybridized carbons (Fsp3) is 0.0625. The minimum atomic E-state index is -4.50. The monoisotopic (exact) mass is 388 g/mol. The zero-order valence-corrected chi connectivity index (χ0v) is 14.9. The van der Waals surface area contributed by atoms with Gasteiger partial charge in [0.15, 0.2) is 5.96 Å². The molecule has 27 heavy (non-hydrogen) atoms. The maximum atomic E-state index is 10.7. The van der Waals surface area contributed by atoms with Crippen LogP contribution in [0, 0.1) is 0 Å². The van der Waals surface area contributed by atoms with Gasteiger partial charge in [0, 0.05) is 5.56 Å². The molecule has 10 nitrogen and oxygen atoms in total. The summed E-state index contributed by atoms with van der Waals surface area (Å²) in [5.41, 5.74) is 14.2. The van der Waals surface area contributed by atoms with Gasteiger partial charge in [-0.3, -0.25) is 4.52 Å². The van der Waals surface area contributed by atoms with Crippen molar-refractivity contribution >= 4 is 19.5 Å². The number of guanidine groups is 1. The average Bonchev–Trinajstić information content (AvgIpc) is 3.10. The van der Waals surface area contributed by atoms with Crippen molar-refractivity contribution < 1.29 is 18.9 Å². The third kappa shape index (κ3) is 5.22. The summed E-state index contributed by atoms with van der Waals surface area (Å²) in [5, 5.41) is 8.24. The van der Waals surface area contributed by atoms with Crippen LogP contribution in [0.3, 0.4) is 0 Å². The first-order chi connectivity index (χ1) is 12.8. The van der Waals surface area contributed by atoms with Crippen molar-refractivity contribution in [2.45, 2.75) is 6.61 Å². The molecule has 0 aliphatic carbocycles. The summed E-state index contributed by atoms with van der Waals surface area (Å²) in [6.45, 7) is -0.190. The zero-order chi connectivity index (χ0) is 19.4. The number of nitrogens with two attached hydrogens (primary N) is 2. The number of phosphoric ester groups is 1. The second-order valence-electron chi connectivity index (χ2n) is 5.57. The molecule has 11 heteroatoms.